The molecule has 2 fully saturated rings. The zero-order valence-corrected chi connectivity index (χ0v) is 36.9. The van der Waals surface area contributed by atoms with Gasteiger partial charge in [-0.25, -0.2) is 9.97 Å². The summed E-state index contributed by atoms with van der Waals surface area (Å²) in [6, 6.07) is 17.3. The van der Waals surface area contributed by atoms with Crippen molar-refractivity contribution in [1.29, 1.82) is 0 Å². The maximum atomic E-state index is 14.7. The van der Waals surface area contributed by atoms with E-state index < -0.39 is 41.2 Å². The van der Waals surface area contributed by atoms with Gasteiger partial charge in [0.25, 0.3) is 5.91 Å². The first-order chi connectivity index (χ1) is 29.9. The summed E-state index contributed by atoms with van der Waals surface area (Å²) in [4.78, 5) is 55.7. The van der Waals surface area contributed by atoms with E-state index >= 15 is 0 Å². The van der Waals surface area contributed by atoms with E-state index in [9.17, 15) is 32.7 Å². The number of carbonyl (C=O) groups is 3. The topological polar surface area (TPSA) is 149 Å². The lowest BCUT2D eigenvalue weighted by Crippen LogP contribution is -2.54. The molecule has 2 aromatic heterocycles. The number of likely N-dealkylation sites (tertiary alicyclic amines) is 1. The van der Waals surface area contributed by atoms with Gasteiger partial charge in [0.15, 0.2) is 0 Å². The van der Waals surface area contributed by atoms with Crippen molar-refractivity contribution in [3.63, 3.8) is 0 Å². The highest BCUT2D eigenvalue weighted by Crippen LogP contribution is 2.37. The highest BCUT2D eigenvalue weighted by Gasteiger charge is 2.45. The number of hydrogen-bond donors (Lipinski definition) is 4. The van der Waals surface area contributed by atoms with Crippen LogP contribution in [0.4, 0.5) is 30.4 Å². The first-order valence-electron chi connectivity index (χ1n) is 20.9. The van der Waals surface area contributed by atoms with E-state index in [0.29, 0.717) is 49.1 Å². The first kappa shape index (κ1) is 45.2. The molecule has 63 heavy (non-hydrogen) atoms. The standard InChI is InChI=1S/C47H52F3N7O5S/c1-27-10-15-35(54-43(59)32-8-7-9-34(20-32)47(48,49)50)22-37(27)33-21-38(56-16-18-62-19-17-56)42(51-24-33)55-41(46(4,5)6)45(61)57-25-36(58)23-39(57)44(60)53-28(2)30-11-13-31(14-12-30)40-29(3)52-26-63-40/h7-15,20-22,24,26,28,36,39,41,58H,16-19,23,25H2,1-6H3,(H,51,55)(H,53,60)(H,54,59)/t28-,36+,39-,41-/m0/s1. The number of aromatic nitrogens is 2. The minimum Gasteiger partial charge on any atom is -0.391 e. The smallest absolute Gasteiger partial charge is 0.391 e. The summed E-state index contributed by atoms with van der Waals surface area (Å²) in [6.45, 7) is 13.6. The highest BCUT2D eigenvalue weighted by atomic mass is 32.1. The Bertz CT molecular complexity index is 2460. The molecule has 4 N–H and O–H groups in total. The molecule has 7 rings (SSSR count). The van der Waals surface area contributed by atoms with Crippen molar-refractivity contribution in [2.24, 2.45) is 5.41 Å². The van der Waals surface area contributed by atoms with Crippen molar-refractivity contribution in [3.8, 4) is 21.6 Å². The first-order valence-corrected chi connectivity index (χ1v) is 21.7. The normalized spacial score (nSPS) is 17.9. The largest absolute Gasteiger partial charge is 0.416 e. The van der Waals surface area contributed by atoms with Crippen LogP contribution in [0, 0.1) is 19.3 Å². The Balaban J connectivity index is 1.12. The summed E-state index contributed by atoms with van der Waals surface area (Å²) in [5.41, 5.74) is 6.36. The molecule has 0 bridgehead atoms. The number of halogens is 3. The number of morpholine rings is 1. The number of ether oxygens (including phenoxy) is 1. The molecule has 3 amide bonds. The lowest BCUT2D eigenvalue weighted by Gasteiger charge is -2.37. The summed E-state index contributed by atoms with van der Waals surface area (Å²) in [6.07, 6.45) is -3.72. The number of hydrogen-bond acceptors (Lipinski definition) is 10. The zero-order valence-electron chi connectivity index (χ0n) is 36.0. The molecule has 4 atom stereocenters. The van der Waals surface area contributed by atoms with Crippen LogP contribution in [0.15, 0.2) is 84.5 Å². The van der Waals surface area contributed by atoms with Gasteiger partial charge in [0.05, 0.1) is 52.7 Å². The number of pyridine rings is 1. The minimum absolute atomic E-state index is 0.00886. The molecule has 0 spiro atoms. The van der Waals surface area contributed by atoms with Crippen LogP contribution in [0.3, 0.4) is 0 Å². The predicted octanol–water partition coefficient (Wildman–Crippen LogP) is 8.26. The number of amides is 3. The molecule has 2 aliphatic heterocycles. The number of carbonyl (C=O) groups excluding carboxylic acids is 3. The zero-order chi connectivity index (χ0) is 45.2. The van der Waals surface area contributed by atoms with E-state index in [1.165, 1.54) is 17.0 Å². The second-order valence-corrected chi connectivity index (χ2v) is 18.1. The summed E-state index contributed by atoms with van der Waals surface area (Å²) in [7, 11) is 0. The molecule has 0 unspecified atom stereocenters. The molecule has 12 nitrogen and oxygen atoms in total. The van der Waals surface area contributed by atoms with E-state index in [0.717, 1.165) is 45.0 Å². The summed E-state index contributed by atoms with van der Waals surface area (Å²) < 4.78 is 45.8. The molecule has 5 aromatic rings. The van der Waals surface area contributed by atoms with Crippen LogP contribution in [-0.4, -0.2) is 88.7 Å². The van der Waals surface area contributed by atoms with Gasteiger partial charge < -0.3 is 35.6 Å². The Hall–Kier alpha value is -5.84. The van der Waals surface area contributed by atoms with Crippen LogP contribution in [0.1, 0.15) is 72.9 Å². The van der Waals surface area contributed by atoms with E-state index in [1.54, 1.807) is 29.7 Å². The molecule has 4 heterocycles. The number of β-amino-alcohol motifs (C(OH)–C–C–N with tert-alkyl or cyclic N) is 1. The Morgan fingerprint density at radius 3 is 2.33 bits per heavy atom. The fourth-order valence-electron chi connectivity index (χ4n) is 7.96. The minimum atomic E-state index is -4.59. The summed E-state index contributed by atoms with van der Waals surface area (Å²) in [5, 5.41) is 20.1. The number of alkyl halides is 3. The number of benzene rings is 3. The lowest BCUT2D eigenvalue weighted by molar-refractivity contribution is -0.141. The van der Waals surface area contributed by atoms with Gasteiger partial charge >= 0.3 is 6.18 Å². The van der Waals surface area contributed by atoms with E-state index in [2.05, 4.69) is 25.8 Å². The molecule has 0 radical (unpaired) electrons. The van der Waals surface area contributed by atoms with Gasteiger partial charge in [-0.15, -0.1) is 11.3 Å². The summed E-state index contributed by atoms with van der Waals surface area (Å²) >= 11 is 1.57. The van der Waals surface area contributed by atoms with Gasteiger partial charge in [-0.1, -0.05) is 57.2 Å². The van der Waals surface area contributed by atoms with Crippen LogP contribution >= 0.6 is 11.3 Å². The molecule has 2 saturated heterocycles. The van der Waals surface area contributed by atoms with E-state index in [4.69, 9.17) is 9.72 Å². The molecule has 2 aliphatic rings. The van der Waals surface area contributed by atoms with Crippen LogP contribution < -0.4 is 20.9 Å². The molecular formula is C47H52F3N7O5S. The average molecular weight is 884 g/mol. The Kier molecular flexibility index (Phi) is 13.3. The highest BCUT2D eigenvalue weighted by molar-refractivity contribution is 7.13. The second-order valence-electron chi connectivity index (χ2n) is 17.2. The molecule has 0 saturated carbocycles. The predicted molar refractivity (Wildman–Crippen MR) is 239 cm³/mol. The van der Waals surface area contributed by atoms with Crippen LogP contribution in [0.5, 0.6) is 0 Å². The molecule has 16 heteroatoms. The van der Waals surface area contributed by atoms with E-state index in [-0.39, 0.29) is 36.4 Å². The number of aryl methyl sites for hydroxylation is 2. The fourth-order valence-corrected chi connectivity index (χ4v) is 8.77. The molecule has 3 aromatic carbocycles. The SMILES string of the molecule is Cc1ccc(NC(=O)c2cccc(C(F)(F)F)c2)cc1-c1cnc(N[C@@H](C(=O)N2C[C@H](O)C[C@H]2C(=O)N[C@@H](C)c2ccc(-c3scnc3C)cc2)C(C)(C)C)c(N2CCOCC2)c1. The van der Waals surface area contributed by atoms with Gasteiger partial charge in [-0.3, -0.25) is 14.4 Å². The van der Waals surface area contributed by atoms with E-state index in [1.807, 2.05) is 83.5 Å². The van der Waals surface area contributed by atoms with Gasteiger partial charge in [0.1, 0.15) is 17.9 Å². The van der Waals surface area contributed by atoms with Crippen molar-refractivity contribution >= 4 is 46.3 Å². The van der Waals surface area contributed by atoms with Crippen LogP contribution in [0.25, 0.3) is 21.6 Å². The number of aliphatic hydroxyl groups is 1. The monoisotopic (exact) mass is 883 g/mol. The molecular weight excluding hydrogens is 832 g/mol. The summed E-state index contributed by atoms with van der Waals surface area (Å²) in [5.74, 6) is -0.961. The number of nitrogens with one attached hydrogen (secondary N) is 3. The lowest BCUT2D eigenvalue weighted by atomic mass is 9.85. The number of rotatable bonds is 11. The molecule has 0 aliphatic carbocycles. The van der Waals surface area contributed by atoms with Crippen LogP contribution in [0.2, 0.25) is 0 Å². The van der Waals surface area contributed by atoms with Crippen molar-refractivity contribution in [2.75, 3.05) is 48.4 Å². The van der Waals surface area contributed by atoms with Crippen LogP contribution in [-0.2, 0) is 20.5 Å². The maximum Gasteiger partial charge on any atom is 0.416 e. The Morgan fingerprint density at radius 2 is 1.67 bits per heavy atom. The van der Waals surface area contributed by atoms with Gasteiger partial charge in [-0.2, -0.15) is 13.2 Å². The van der Waals surface area contributed by atoms with Gasteiger partial charge in [0.2, 0.25) is 11.8 Å². The number of nitrogens with zero attached hydrogens (tertiary/aromatic N) is 4. The third kappa shape index (κ3) is 10.4. The number of aliphatic hydroxyl groups excluding tert-OH is 1. The van der Waals surface area contributed by atoms with Crippen molar-refractivity contribution < 1.29 is 37.4 Å². The quantitative estimate of drug-likeness (QED) is 0.103. The van der Waals surface area contributed by atoms with Crippen molar-refractivity contribution in [2.45, 2.75) is 78.4 Å². The maximum absolute atomic E-state index is 14.7. The number of thiazole rings is 1. The Labute approximate surface area is 368 Å². The van der Waals surface area contributed by atoms with Gasteiger partial charge in [-0.05, 0) is 84.8 Å². The van der Waals surface area contributed by atoms with Gasteiger partial charge in [0, 0.05) is 49.1 Å². The Morgan fingerprint density at radius 1 is 0.937 bits per heavy atom. The molecule has 332 valence electrons. The van der Waals surface area contributed by atoms with Crippen molar-refractivity contribution in [3.05, 3.63) is 112 Å². The third-order valence-corrected chi connectivity index (χ3v) is 12.5. The average Bonchev–Trinajstić information content (AvgIpc) is 3.88. The fraction of sp³-hybridized carbons (Fsp3) is 0.383. The second kappa shape index (κ2) is 18.5. The number of anilines is 3. The third-order valence-electron chi connectivity index (χ3n) is 11.5. The van der Waals surface area contributed by atoms with Crippen molar-refractivity contribution in [1.82, 2.24) is 20.2 Å².